The van der Waals surface area contributed by atoms with Crippen LogP contribution in [0.3, 0.4) is 0 Å². The summed E-state index contributed by atoms with van der Waals surface area (Å²) >= 11 is 0. The Morgan fingerprint density at radius 2 is 2.05 bits per heavy atom. The van der Waals surface area contributed by atoms with Crippen molar-refractivity contribution in [3.8, 4) is 0 Å². The van der Waals surface area contributed by atoms with Crippen molar-refractivity contribution < 1.29 is 4.79 Å². The van der Waals surface area contributed by atoms with E-state index in [9.17, 15) is 4.79 Å². The average molecular weight is 258 g/mol. The molecule has 1 aromatic carbocycles. The molecule has 3 rings (SSSR count). The van der Waals surface area contributed by atoms with E-state index in [0.717, 1.165) is 25.2 Å². The summed E-state index contributed by atoms with van der Waals surface area (Å²) in [7, 11) is 0. The highest BCUT2D eigenvalue weighted by atomic mass is 16.2. The lowest BCUT2D eigenvalue weighted by atomic mass is 9.84. The van der Waals surface area contributed by atoms with Gasteiger partial charge in [-0.3, -0.25) is 4.79 Å². The number of anilines is 1. The molecule has 0 spiro atoms. The average Bonchev–Trinajstić information content (AvgIpc) is 2.74. The zero-order valence-corrected chi connectivity index (χ0v) is 11.8. The number of hydrogen-bond donors (Lipinski definition) is 2. The number of piperidine rings is 1. The smallest absolute Gasteiger partial charge is 0.232 e. The van der Waals surface area contributed by atoms with Crippen LogP contribution in [0.2, 0.25) is 0 Å². The normalized spacial score (nSPS) is 26.1. The topological polar surface area (TPSA) is 41.1 Å². The Kier molecular flexibility index (Phi) is 3.31. The number of aryl methyl sites for hydroxylation is 2. The molecular formula is C16H22N2O. The molecule has 3 heteroatoms. The van der Waals surface area contributed by atoms with Gasteiger partial charge in [-0.1, -0.05) is 12.1 Å². The first kappa shape index (κ1) is 12.7. The van der Waals surface area contributed by atoms with Crippen LogP contribution in [0.25, 0.3) is 0 Å². The zero-order chi connectivity index (χ0) is 13.4. The van der Waals surface area contributed by atoms with Crippen LogP contribution in [0.1, 0.15) is 41.9 Å². The molecule has 2 N–H and O–H groups in total. The summed E-state index contributed by atoms with van der Waals surface area (Å²) < 4.78 is 0. The molecule has 1 saturated heterocycles. The largest absolute Gasteiger partial charge is 0.325 e. The first-order valence-electron chi connectivity index (χ1n) is 7.28. The second-order valence-corrected chi connectivity index (χ2v) is 5.98. The molecule has 0 aliphatic carbocycles. The number of fused-ring (bicyclic) bond motifs is 1. The molecule has 2 unspecified atom stereocenters. The fourth-order valence-corrected chi connectivity index (χ4v) is 3.47. The van der Waals surface area contributed by atoms with Crippen LogP contribution >= 0.6 is 0 Å². The molecule has 0 saturated carbocycles. The minimum Gasteiger partial charge on any atom is -0.325 e. The van der Waals surface area contributed by atoms with E-state index in [0.29, 0.717) is 5.92 Å². The summed E-state index contributed by atoms with van der Waals surface area (Å²) in [5.41, 5.74) is 4.74. The number of nitrogens with one attached hydrogen (secondary N) is 2. The van der Waals surface area contributed by atoms with Crippen LogP contribution in [-0.4, -0.2) is 19.0 Å². The van der Waals surface area contributed by atoms with Gasteiger partial charge in [0.2, 0.25) is 5.91 Å². The fraction of sp³-hybridized carbons (Fsp3) is 0.562. The van der Waals surface area contributed by atoms with Gasteiger partial charge in [0.1, 0.15) is 0 Å². The molecule has 1 amide bonds. The van der Waals surface area contributed by atoms with Crippen molar-refractivity contribution in [2.75, 3.05) is 18.4 Å². The molecule has 19 heavy (non-hydrogen) atoms. The van der Waals surface area contributed by atoms with E-state index in [-0.39, 0.29) is 11.8 Å². The highest BCUT2D eigenvalue weighted by molar-refractivity contribution is 6.04. The summed E-state index contributed by atoms with van der Waals surface area (Å²) in [6.45, 7) is 6.37. The van der Waals surface area contributed by atoms with Crippen molar-refractivity contribution in [1.82, 2.24) is 5.32 Å². The fourth-order valence-electron chi connectivity index (χ4n) is 3.47. The molecule has 2 heterocycles. The van der Waals surface area contributed by atoms with Gasteiger partial charge in [-0.2, -0.15) is 0 Å². The maximum atomic E-state index is 12.3. The Hall–Kier alpha value is -1.35. The zero-order valence-electron chi connectivity index (χ0n) is 11.8. The Balaban J connectivity index is 1.87. The summed E-state index contributed by atoms with van der Waals surface area (Å²) in [5, 5.41) is 6.53. The van der Waals surface area contributed by atoms with Crippen LogP contribution in [0, 0.1) is 19.8 Å². The number of hydrogen-bond acceptors (Lipinski definition) is 2. The highest BCUT2D eigenvalue weighted by Gasteiger charge is 2.34. The molecule has 3 nitrogen and oxygen atoms in total. The predicted molar refractivity (Wildman–Crippen MR) is 77.5 cm³/mol. The van der Waals surface area contributed by atoms with Crippen LogP contribution in [0.5, 0.6) is 0 Å². The molecule has 0 bridgehead atoms. The molecule has 2 aliphatic heterocycles. The van der Waals surface area contributed by atoms with Gasteiger partial charge >= 0.3 is 0 Å². The minimum atomic E-state index is 0.0554. The lowest BCUT2D eigenvalue weighted by molar-refractivity contribution is -0.117. The van der Waals surface area contributed by atoms with Crippen molar-refractivity contribution in [3.63, 3.8) is 0 Å². The van der Waals surface area contributed by atoms with Gasteiger partial charge in [0.05, 0.1) is 5.92 Å². The van der Waals surface area contributed by atoms with Gasteiger partial charge in [0.25, 0.3) is 0 Å². The van der Waals surface area contributed by atoms with E-state index in [1.807, 2.05) is 0 Å². The number of amides is 1. The van der Waals surface area contributed by atoms with Gasteiger partial charge in [-0.15, -0.1) is 0 Å². The molecule has 2 atom stereocenters. The van der Waals surface area contributed by atoms with E-state index in [1.165, 1.54) is 29.5 Å². The lowest BCUT2D eigenvalue weighted by Crippen LogP contribution is -2.31. The summed E-state index contributed by atoms with van der Waals surface area (Å²) in [6, 6.07) is 4.24. The molecule has 1 fully saturated rings. The van der Waals surface area contributed by atoms with Crippen molar-refractivity contribution in [2.45, 2.75) is 39.0 Å². The number of carbonyl (C=O) groups excluding carboxylic acids is 1. The van der Waals surface area contributed by atoms with Crippen molar-refractivity contribution in [3.05, 3.63) is 28.8 Å². The van der Waals surface area contributed by atoms with E-state index in [2.05, 4.69) is 36.6 Å². The monoisotopic (exact) mass is 258 g/mol. The predicted octanol–water partition coefficient (Wildman–Crippen LogP) is 2.73. The Labute approximate surface area is 114 Å². The Bertz CT molecular complexity index is 504. The summed E-state index contributed by atoms with van der Waals surface area (Å²) in [6.07, 6.45) is 3.46. The molecule has 0 radical (unpaired) electrons. The van der Waals surface area contributed by atoms with Crippen LogP contribution < -0.4 is 10.6 Å². The summed E-state index contributed by atoms with van der Waals surface area (Å²) in [5.74, 6) is 0.883. The summed E-state index contributed by atoms with van der Waals surface area (Å²) in [4.78, 5) is 12.3. The second-order valence-electron chi connectivity index (χ2n) is 5.98. The third-order valence-electron chi connectivity index (χ3n) is 4.55. The lowest BCUT2D eigenvalue weighted by Gasteiger charge is -2.25. The Morgan fingerprint density at radius 1 is 1.26 bits per heavy atom. The maximum absolute atomic E-state index is 12.3. The van der Waals surface area contributed by atoms with Gasteiger partial charge in [-0.25, -0.2) is 0 Å². The van der Waals surface area contributed by atoms with Crippen LogP contribution in [0.4, 0.5) is 5.69 Å². The van der Waals surface area contributed by atoms with Gasteiger partial charge < -0.3 is 10.6 Å². The second kappa shape index (κ2) is 4.97. The van der Waals surface area contributed by atoms with Crippen molar-refractivity contribution in [1.29, 1.82) is 0 Å². The van der Waals surface area contributed by atoms with Gasteiger partial charge in [0, 0.05) is 5.69 Å². The molecular weight excluding hydrogens is 236 g/mol. The maximum Gasteiger partial charge on any atom is 0.232 e. The van der Waals surface area contributed by atoms with Gasteiger partial charge in [0.15, 0.2) is 0 Å². The van der Waals surface area contributed by atoms with E-state index < -0.39 is 0 Å². The first-order chi connectivity index (χ1) is 9.16. The van der Waals surface area contributed by atoms with E-state index in [4.69, 9.17) is 0 Å². The number of rotatable bonds is 2. The van der Waals surface area contributed by atoms with Crippen molar-refractivity contribution >= 4 is 11.6 Å². The van der Waals surface area contributed by atoms with Gasteiger partial charge in [-0.05, 0) is 68.8 Å². The third kappa shape index (κ3) is 2.27. The number of carbonyl (C=O) groups is 1. The van der Waals surface area contributed by atoms with E-state index in [1.54, 1.807) is 0 Å². The van der Waals surface area contributed by atoms with E-state index >= 15 is 0 Å². The van der Waals surface area contributed by atoms with Crippen LogP contribution in [0.15, 0.2) is 12.1 Å². The first-order valence-corrected chi connectivity index (χ1v) is 7.28. The third-order valence-corrected chi connectivity index (χ3v) is 4.55. The highest BCUT2D eigenvalue weighted by Crippen LogP contribution is 2.41. The minimum absolute atomic E-state index is 0.0554. The quantitative estimate of drug-likeness (QED) is 0.856. The standard InChI is InChI=1S/C16H22N2O/c1-10-5-6-11(2)15-14(10)13(16(19)18-15)8-12-4-3-7-17-9-12/h5-6,12-13,17H,3-4,7-9H2,1-2H3,(H,18,19). The van der Waals surface area contributed by atoms with Crippen LogP contribution in [-0.2, 0) is 4.79 Å². The molecule has 2 aliphatic rings. The number of benzene rings is 1. The molecule has 0 aromatic heterocycles. The molecule has 102 valence electrons. The molecule has 1 aromatic rings. The SMILES string of the molecule is Cc1ccc(C)c2c1NC(=O)C2CC1CCCNC1. The van der Waals surface area contributed by atoms with Crippen molar-refractivity contribution in [2.24, 2.45) is 5.92 Å². The Morgan fingerprint density at radius 3 is 2.79 bits per heavy atom.